The first-order valence-electron chi connectivity index (χ1n) is 7.92. The van der Waals surface area contributed by atoms with E-state index in [-0.39, 0.29) is 0 Å². The van der Waals surface area contributed by atoms with Crippen molar-refractivity contribution in [3.05, 3.63) is 58.7 Å². The van der Waals surface area contributed by atoms with E-state index in [1.54, 1.807) is 0 Å². The third-order valence-electron chi connectivity index (χ3n) is 4.31. The smallest absolute Gasteiger partial charge is 0.0960 e. The van der Waals surface area contributed by atoms with E-state index in [2.05, 4.69) is 28.7 Å². The number of hydrogen-bond donors (Lipinski definition) is 0. The maximum absolute atomic E-state index is 4.83. The van der Waals surface area contributed by atoms with Crippen LogP contribution in [0.25, 0.3) is 11.3 Å². The van der Waals surface area contributed by atoms with Crippen molar-refractivity contribution in [2.24, 2.45) is 0 Å². The summed E-state index contributed by atoms with van der Waals surface area (Å²) in [5, 5.41) is 8.18. The fourth-order valence-corrected chi connectivity index (χ4v) is 4.12. The third kappa shape index (κ3) is 2.83. The molecule has 4 rings (SSSR count). The number of hydrogen-bond acceptors (Lipinski definition) is 3. The highest BCUT2D eigenvalue weighted by atomic mass is 32.1. The van der Waals surface area contributed by atoms with Gasteiger partial charge >= 0.3 is 0 Å². The van der Waals surface area contributed by atoms with E-state index in [1.165, 1.54) is 30.7 Å². The Morgan fingerprint density at radius 1 is 1.09 bits per heavy atom. The zero-order valence-electron chi connectivity index (χ0n) is 12.5. The Kier molecular flexibility index (Phi) is 3.77. The van der Waals surface area contributed by atoms with Crippen LogP contribution in [0.3, 0.4) is 0 Å². The van der Waals surface area contributed by atoms with Crippen molar-refractivity contribution in [1.82, 2.24) is 14.8 Å². The molecule has 112 valence electrons. The Hall–Kier alpha value is -1.94. The molecular weight excluding hydrogens is 290 g/mol. The molecular formula is C18H19N3S. The summed E-state index contributed by atoms with van der Waals surface area (Å²) in [6.45, 7) is 0.760. The van der Waals surface area contributed by atoms with Gasteiger partial charge in [-0.15, -0.1) is 11.3 Å². The largest absolute Gasteiger partial charge is 0.266 e. The van der Waals surface area contributed by atoms with Gasteiger partial charge in [0.1, 0.15) is 0 Å². The fourth-order valence-electron chi connectivity index (χ4n) is 3.13. The Morgan fingerprint density at radius 2 is 1.91 bits per heavy atom. The molecule has 2 aromatic heterocycles. The average molecular weight is 309 g/mol. The summed E-state index contributed by atoms with van der Waals surface area (Å²) in [4.78, 5) is 4.83. The second kappa shape index (κ2) is 6.05. The summed E-state index contributed by atoms with van der Waals surface area (Å²) in [5.74, 6) is 0.705. The summed E-state index contributed by atoms with van der Waals surface area (Å²) in [5.41, 5.74) is 3.31. The van der Waals surface area contributed by atoms with Crippen LogP contribution in [-0.2, 0) is 6.54 Å². The van der Waals surface area contributed by atoms with Crippen LogP contribution in [0.15, 0.2) is 48.0 Å². The van der Waals surface area contributed by atoms with E-state index in [1.807, 2.05) is 40.4 Å². The van der Waals surface area contributed by atoms with Gasteiger partial charge in [-0.1, -0.05) is 43.2 Å². The van der Waals surface area contributed by atoms with Gasteiger partial charge < -0.3 is 0 Å². The SMILES string of the molecule is c1ccc(-c2ccn(Cc3csc(C4CCCC4)n3)n2)cc1. The molecule has 3 nitrogen and oxygen atoms in total. The van der Waals surface area contributed by atoms with Gasteiger partial charge in [0.2, 0.25) is 0 Å². The van der Waals surface area contributed by atoms with Crippen LogP contribution in [0, 0.1) is 0 Å². The fraction of sp³-hybridized carbons (Fsp3) is 0.333. The lowest BCUT2D eigenvalue weighted by Crippen LogP contribution is -2.01. The van der Waals surface area contributed by atoms with Gasteiger partial charge in [0.05, 0.1) is 22.9 Å². The first-order valence-corrected chi connectivity index (χ1v) is 8.79. The van der Waals surface area contributed by atoms with Crippen LogP contribution in [0.4, 0.5) is 0 Å². The van der Waals surface area contributed by atoms with Crippen LogP contribution in [0.5, 0.6) is 0 Å². The van der Waals surface area contributed by atoms with Crippen LogP contribution in [0.2, 0.25) is 0 Å². The Morgan fingerprint density at radius 3 is 2.73 bits per heavy atom. The maximum Gasteiger partial charge on any atom is 0.0960 e. The molecule has 0 saturated heterocycles. The lowest BCUT2D eigenvalue weighted by molar-refractivity contribution is 0.664. The molecule has 1 aromatic carbocycles. The predicted molar refractivity (Wildman–Crippen MR) is 90.1 cm³/mol. The lowest BCUT2D eigenvalue weighted by Gasteiger charge is -2.03. The standard InChI is InChI=1S/C18H19N3S/c1-2-6-14(7-3-1)17-10-11-21(20-17)12-16-13-22-18(19-16)15-8-4-5-9-15/h1-3,6-7,10-11,13,15H,4-5,8-9,12H2. The zero-order chi connectivity index (χ0) is 14.8. The molecule has 22 heavy (non-hydrogen) atoms. The third-order valence-corrected chi connectivity index (χ3v) is 5.36. The Balaban J connectivity index is 1.48. The second-order valence-electron chi connectivity index (χ2n) is 5.92. The highest BCUT2D eigenvalue weighted by molar-refractivity contribution is 7.09. The minimum absolute atomic E-state index is 0.705. The molecule has 0 bridgehead atoms. The number of thiazole rings is 1. The zero-order valence-corrected chi connectivity index (χ0v) is 13.3. The molecule has 0 radical (unpaired) electrons. The van der Waals surface area contributed by atoms with Crippen molar-refractivity contribution in [1.29, 1.82) is 0 Å². The molecule has 3 aromatic rings. The molecule has 0 atom stereocenters. The van der Waals surface area contributed by atoms with E-state index in [4.69, 9.17) is 4.98 Å². The summed E-state index contributed by atoms with van der Waals surface area (Å²) >= 11 is 1.82. The minimum Gasteiger partial charge on any atom is -0.266 e. The first kappa shape index (κ1) is 13.7. The van der Waals surface area contributed by atoms with E-state index in [0.29, 0.717) is 5.92 Å². The van der Waals surface area contributed by atoms with Gasteiger partial charge in [-0.3, -0.25) is 4.68 Å². The molecule has 2 heterocycles. The topological polar surface area (TPSA) is 30.7 Å². The van der Waals surface area contributed by atoms with Gasteiger partial charge in [0.25, 0.3) is 0 Å². The van der Waals surface area contributed by atoms with Crippen molar-refractivity contribution in [2.75, 3.05) is 0 Å². The van der Waals surface area contributed by atoms with Gasteiger partial charge in [0.15, 0.2) is 0 Å². The van der Waals surface area contributed by atoms with Crippen molar-refractivity contribution < 1.29 is 0 Å². The minimum atomic E-state index is 0.705. The van der Waals surface area contributed by atoms with Crippen LogP contribution >= 0.6 is 11.3 Å². The molecule has 0 N–H and O–H groups in total. The number of nitrogens with zero attached hydrogens (tertiary/aromatic N) is 3. The molecule has 1 aliphatic rings. The van der Waals surface area contributed by atoms with E-state index >= 15 is 0 Å². The normalized spacial score (nSPS) is 15.5. The van der Waals surface area contributed by atoms with Crippen LogP contribution < -0.4 is 0 Å². The summed E-state index contributed by atoms with van der Waals surface area (Å²) in [7, 11) is 0. The summed E-state index contributed by atoms with van der Waals surface area (Å²) < 4.78 is 1.98. The predicted octanol–water partition coefficient (Wildman–Crippen LogP) is 4.71. The highest BCUT2D eigenvalue weighted by Gasteiger charge is 2.20. The average Bonchev–Trinajstić information content (AvgIpc) is 3.30. The molecule has 4 heteroatoms. The monoisotopic (exact) mass is 309 g/mol. The van der Waals surface area contributed by atoms with Gasteiger partial charge in [-0.25, -0.2) is 4.98 Å². The van der Waals surface area contributed by atoms with Crippen LogP contribution in [-0.4, -0.2) is 14.8 Å². The number of benzene rings is 1. The molecule has 1 saturated carbocycles. The summed E-state index contributed by atoms with van der Waals surface area (Å²) in [6.07, 6.45) is 7.38. The Bertz CT molecular complexity index is 739. The molecule has 0 amide bonds. The van der Waals surface area contributed by atoms with E-state index < -0.39 is 0 Å². The van der Waals surface area contributed by atoms with Crippen molar-refractivity contribution in [3.63, 3.8) is 0 Å². The van der Waals surface area contributed by atoms with Gasteiger partial charge in [-0.05, 0) is 18.9 Å². The van der Waals surface area contributed by atoms with Crippen molar-refractivity contribution >= 4 is 11.3 Å². The molecule has 1 aliphatic carbocycles. The highest BCUT2D eigenvalue weighted by Crippen LogP contribution is 2.35. The van der Waals surface area contributed by atoms with Gasteiger partial charge in [0, 0.05) is 23.1 Å². The first-order chi connectivity index (χ1) is 10.9. The molecule has 0 aliphatic heterocycles. The molecule has 1 fully saturated rings. The number of rotatable bonds is 4. The second-order valence-corrected chi connectivity index (χ2v) is 6.81. The number of aromatic nitrogens is 3. The Labute approximate surface area is 134 Å². The maximum atomic E-state index is 4.83. The van der Waals surface area contributed by atoms with Crippen molar-refractivity contribution in [3.8, 4) is 11.3 Å². The van der Waals surface area contributed by atoms with E-state index in [9.17, 15) is 0 Å². The van der Waals surface area contributed by atoms with Gasteiger partial charge in [-0.2, -0.15) is 5.10 Å². The van der Waals surface area contributed by atoms with Crippen LogP contribution in [0.1, 0.15) is 42.3 Å². The lowest BCUT2D eigenvalue weighted by atomic mass is 10.1. The van der Waals surface area contributed by atoms with E-state index in [0.717, 1.165) is 23.5 Å². The van der Waals surface area contributed by atoms with Crippen molar-refractivity contribution in [2.45, 2.75) is 38.1 Å². The molecule has 0 spiro atoms. The quantitative estimate of drug-likeness (QED) is 0.698. The molecule has 0 unspecified atom stereocenters. The summed E-state index contributed by atoms with van der Waals surface area (Å²) in [6, 6.07) is 12.4.